The highest BCUT2D eigenvalue weighted by Gasteiger charge is 2.04. The summed E-state index contributed by atoms with van der Waals surface area (Å²) >= 11 is 0. The second-order valence-electron chi connectivity index (χ2n) is 3.76. The van der Waals surface area contributed by atoms with Crippen molar-refractivity contribution in [3.05, 3.63) is 42.7 Å². The van der Waals surface area contributed by atoms with Gasteiger partial charge in [-0.3, -0.25) is 4.57 Å². The molecular formula is C12H15N3. The van der Waals surface area contributed by atoms with Crippen molar-refractivity contribution in [2.75, 3.05) is 5.32 Å². The summed E-state index contributed by atoms with van der Waals surface area (Å²) in [7, 11) is 0. The third-order valence-electron chi connectivity index (χ3n) is 2.09. The second kappa shape index (κ2) is 4.17. The highest BCUT2D eigenvalue weighted by atomic mass is 15.2. The van der Waals surface area contributed by atoms with Crippen LogP contribution < -0.4 is 5.32 Å². The summed E-state index contributed by atoms with van der Waals surface area (Å²) < 4.78 is 2.04. The number of rotatable bonds is 3. The molecule has 15 heavy (non-hydrogen) atoms. The predicted molar refractivity (Wildman–Crippen MR) is 62.3 cm³/mol. The molecule has 3 nitrogen and oxygen atoms in total. The Hall–Kier alpha value is -1.77. The lowest BCUT2D eigenvalue weighted by Gasteiger charge is -2.11. The van der Waals surface area contributed by atoms with E-state index in [0.29, 0.717) is 6.04 Å². The van der Waals surface area contributed by atoms with E-state index in [4.69, 9.17) is 0 Å². The number of para-hydroxylation sites is 1. The van der Waals surface area contributed by atoms with Gasteiger partial charge in [0.15, 0.2) is 0 Å². The molecule has 0 atom stereocenters. The predicted octanol–water partition coefficient (Wildman–Crippen LogP) is 2.69. The lowest BCUT2D eigenvalue weighted by atomic mass is 10.3. The normalized spacial score (nSPS) is 10.6. The maximum atomic E-state index is 4.28. The molecule has 1 aromatic heterocycles. The van der Waals surface area contributed by atoms with Gasteiger partial charge in [0.25, 0.3) is 0 Å². The Balaban J connectivity index is 2.33. The summed E-state index contributed by atoms with van der Waals surface area (Å²) in [5.74, 6) is 0.885. The Morgan fingerprint density at radius 3 is 2.60 bits per heavy atom. The van der Waals surface area contributed by atoms with Crippen LogP contribution in [0.15, 0.2) is 42.7 Å². The number of hydrogen-bond donors (Lipinski definition) is 1. The number of aromatic nitrogens is 2. The van der Waals surface area contributed by atoms with Gasteiger partial charge in [0, 0.05) is 24.1 Å². The van der Waals surface area contributed by atoms with Crippen molar-refractivity contribution in [1.82, 2.24) is 9.55 Å². The van der Waals surface area contributed by atoms with E-state index in [1.807, 2.05) is 29.0 Å². The van der Waals surface area contributed by atoms with E-state index < -0.39 is 0 Å². The van der Waals surface area contributed by atoms with E-state index in [0.717, 1.165) is 11.6 Å². The largest absolute Gasteiger partial charge is 0.353 e. The molecule has 0 spiro atoms. The summed E-state index contributed by atoms with van der Waals surface area (Å²) in [4.78, 5) is 4.28. The van der Waals surface area contributed by atoms with Gasteiger partial charge in [0.2, 0.25) is 5.95 Å². The lowest BCUT2D eigenvalue weighted by molar-refractivity contribution is 0.864. The Labute approximate surface area is 89.8 Å². The van der Waals surface area contributed by atoms with Crippen molar-refractivity contribution < 1.29 is 0 Å². The third kappa shape index (κ3) is 2.18. The Bertz CT molecular complexity index is 417. The molecule has 0 unspecified atom stereocenters. The molecule has 1 aromatic carbocycles. The van der Waals surface area contributed by atoms with Crippen molar-refractivity contribution in [3.8, 4) is 5.69 Å². The molecule has 2 rings (SSSR count). The summed E-state index contributed by atoms with van der Waals surface area (Å²) in [5, 5.41) is 3.30. The zero-order chi connectivity index (χ0) is 10.7. The lowest BCUT2D eigenvalue weighted by Crippen LogP contribution is -2.13. The Morgan fingerprint density at radius 2 is 1.93 bits per heavy atom. The van der Waals surface area contributed by atoms with Crippen LogP contribution in [-0.2, 0) is 0 Å². The second-order valence-corrected chi connectivity index (χ2v) is 3.76. The summed E-state index contributed by atoms with van der Waals surface area (Å²) in [6, 6.07) is 10.6. The first-order chi connectivity index (χ1) is 7.27. The van der Waals surface area contributed by atoms with Crippen molar-refractivity contribution in [1.29, 1.82) is 0 Å². The molecule has 1 heterocycles. The maximum Gasteiger partial charge on any atom is 0.207 e. The zero-order valence-electron chi connectivity index (χ0n) is 9.01. The molecule has 0 bridgehead atoms. The minimum Gasteiger partial charge on any atom is -0.353 e. The molecule has 0 saturated carbocycles. The highest BCUT2D eigenvalue weighted by molar-refractivity contribution is 5.41. The molecular weight excluding hydrogens is 186 g/mol. The van der Waals surface area contributed by atoms with Crippen LogP contribution in [0.1, 0.15) is 13.8 Å². The molecule has 0 radical (unpaired) electrons. The van der Waals surface area contributed by atoms with Crippen LogP contribution in [0, 0.1) is 0 Å². The van der Waals surface area contributed by atoms with E-state index in [1.165, 1.54) is 0 Å². The quantitative estimate of drug-likeness (QED) is 0.827. The van der Waals surface area contributed by atoms with Crippen LogP contribution in [0.2, 0.25) is 0 Å². The van der Waals surface area contributed by atoms with Gasteiger partial charge in [-0.25, -0.2) is 4.98 Å². The molecule has 1 N–H and O–H groups in total. The number of hydrogen-bond acceptors (Lipinski definition) is 2. The fourth-order valence-electron chi connectivity index (χ4n) is 1.47. The van der Waals surface area contributed by atoms with Gasteiger partial charge in [0.1, 0.15) is 0 Å². The molecule has 0 amide bonds. The van der Waals surface area contributed by atoms with Crippen molar-refractivity contribution in [2.45, 2.75) is 19.9 Å². The van der Waals surface area contributed by atoms with Gasteiger partial charge in [-0.2, -0.15) is 0 Å². The average molecular weight is 201 g/mol. The number of nitrogens with zero attached hydrogens (tertiary/aromatic N) is 2. The van der Waals surface area contributed by atoms with Crippen LogP contribution in [0.4, 0.5) is 5.95 Å². The number of imidazole rings is 1. The fraction of sp³-hybridized carbons (Fsp3) is 0.250. The molecule has 0 aliphatic rings. The van der Waals surface area contributed by atoms with Crippen LogP contribution in [0.3, 0.4) is 0 Å². The monoisotopic (exact) mass is 201 g/mol. The van der Waals surface area contributed by atoms with E-state index in [9.17, 15) is 0 Å². The van der Waals surface area contributed by atoms with Crippen molar-refractivity contribution >= 4 is 5.95 Å². The van der Waals surface area contributed by atoms with Gasteiger partial charge >= 0.3 is 0 Å². The van der Waals surface area contributed by atoms with E-state index in [2.05, 4.69) is 36.3 Å². The van der Waals surface area contributed by atoms with Crippen molar-refractivity contribution in [2.24, 2.45) is 0 Å². The maximum absolute atomic E-state index is 4.28. The van der Waals surface area contributed by atoms with Gasteiger partial charge in [0.05, 0.1) is 0 Å². The van der Waals surface area contributed by atoms with Crippen LogP contribution in [0.25, 0.3) is 5.69 Å². The van der Waals surface area contributed by atoms with Gasteiger partial charge < -0.3 is 5.32 Å². The summed E-state index contributed by atoms with van der Waals surface area (Å²) in [5.41, 5.74) is 1.12. The molecule has 0 aliphatic carbocycles. The first-order valence-electron chi connectivity index (χ1n) is 5.12. The van der Waals surface area contributed by atoms with E-state index >= 15 is 0 Å². The first kappa shape index (κ1) is 9.77. The summed E-state index contributed by atoms with van der Waals surface area (Å²) in [6.45, 7) is 4.20. The van der Waals surface area contributed by atoms with Gasteiger partial charge in [-0.15, -0.1) is 0 Å². The van der Waals surface area contributed by atoms with Crippen LogP contribution in [-0.4, -0.2) is 15.6 Å². The van der Waals surface area contributed by atoms with Gasteiger partial charge in [-0.05, 0) is 26.0 Å². The average Bonchev–Trinajstić information content (AvgIpc) is 2.66. The number of benzene rings is 1. The molecule has 0 saturated heterocycles. The van der Waals surface area contributed by atoms with E-state index in [1.54, 1.807) is 6.20 Å². The SMILES string of the molecule is CC(C)Nc1nccn1-c1ccccc1. The smallest absolute Gasteiger partial charge is 0.207 e. The van der Waals surface area contributed by atoms with Gasteiger partial charge in [-0.1, -0.05) is 18.2 Å². The first-order valence-corrected chi connectivity index (χ1v) is 5.12. The highest BCUT2D eigenvalue weighted by Crippen LogP contribution is 2.14. The Morgan fingerprint density at radius 1 is 1.20 bits per heavy atom. The number of anilines is 1. The van der Waals surface area contributed by atoms with Crippen LogP contribution in [0.5, 0.6) is 0 Å². The van der Waals surface area contributed by atoms with E-state index in [-0.39, 0.29) is 0 Å². The van der Waals surface area contributed by atoms with Crippen molar-refractivity contribution in [3.63, 3.8) is 0 Å². The zero-order valence-corrected chi connectivity index (χ0v) is 9.01. The third-order valence-corrected chi connectivity index (χ3v) is 2.09. The minimum absolute atomic E-state index is 0.384. The molecule has 0 aliphatic heterocycles. The standard InChI is InChI=1S/C12H15N3/c1-10(2)14-12-13-8-9-15(12)11-6-4-3-5-7-11/h3-10H,1-2H3,(H,13,14). The minimum atomic E-state index is 0.384. The number of nitrogens with one attached hydrogen (secondary N) is 1. The topological polar surface area (TPSA) is 29.9 Å². The Kier molecular flexibility index (Phi) is 2.72. The molecule has 0 fully saturated rings. The molecule has 2 aromatic rings. The molecule has 78 valence electrons. The summed E-state index contributed by atoms with van der Waals surface area (Å²) in [6.07, 6.45) is 3.76. The fourth-order valence-corrected chi connectivity index (χ4v) is 1.47. The van der Waals surface area contributed by atoms with Crippen LogP contribution >= 0.6 is 0 Å². The molecule has 3 heteroatoms.